The summed E-state index contributed by atoms with van der Waals surface area (Å²) in [5.41, 5.74) is 7.44. The number of rotatable bonds is 1. The molecule has 0 saturated carbocycles. The zero-order chi connectivity index (χ0) is 14.3. The molecule has 100 valence electrons. The average molecular weight is 288 g/mol. The van der Waals surface area contributed by atoms with E-state index in [0.717, 1.165) is 0 Å². The second kappa shape index (κ2) is 4.72. The van der Waals surface area contributed by atoms with Gasteiger partial charge in [-0.05, 0) is 36.8 Å². The van der Waals surface area contributed by atoms with Gasteiger partial charge in [-0.2, -0.15) is 0 Å². The molecule has 3 rings (SSSR count). The smallest absolute Gasteiger partial charge is 0.165 e. The minimum absolute atomic E-state index is 0.276. The molecular weight excluding hydrogens is 277 g/mol. The fourth-order valence-corrected chi connectivity index (χ4v) is 2.24. The van der Waals surface area contributed by atoms with E-state index in [1.165, 1.54) is 0 Å². The van der Waals surface area contributed by atoms with Crippen LogP contribution in [0.3, 0.4) is 0 Å². The Bertz CT molecular complexity index is 818. The van der Waals surface area contributed by atoms with Gasteiger partial charge in [0.1, 0.15) is 11.6 Å². The monoisotopic (exact) mass is 287 g/mol. The Morgan fingerprint density at radius 1 is 1.15 bits per heavy atom. The van der Waals surface area contributed by atoms with Crippen LogP contribution in [0.15, 0.2) is 36.4 Å². The summed E-state index contributed by atoms with van der Waals surface area (Å²) in [6.45, 7) is 1.70. The van der Waals surface area contributed by atoms with Crippen LogP contribution in [0.1, 0.15) is 5.56 Å². The predicted octanol–water partition coefficient (Wildman–Crippen LogP) is 3.98. The fraction of sp³-hybridized carbons (Fsp3) is 0.0667. The summed E-state index contributed by atoms with van der Waals surface area (Å²) in [7, 11) is 0. The number of nitrogen functional groups attached to an aromatic ring is 1. The van der Waals surface area contributed by atoms with Gasteiger partial charge >= 0.3 is 0 Å². The Labute approximate surface area is 120 Å². The van der Waals surface area contributed by atoms with Crippen LogP contribution in [0.5, 0.6) is 0 Å². The minimum atomic E-state index is -0.333. The Morgan fingerprint density at radius 3 is 2.75 bits per heavy atom. The van der Waals surface area contributed by atoms with E-state index in [4.69, 9.17) is 17.3 Å². The van der Waals surface area contributed by atoms with Crippen molar-refractivity contribution < 1.29 is 4.39 Å². The van der Waals surface area contributed by atoms with Crippen molar-refractivity contribution in [2.75, 3.05) is 5.73 Å². The lowest BCUT2D eigenvalue weighted by atomic mass is 10.1. The van der Waals surface area contributed by atoms with Crippen molar-refractivity contribution in [1.29, 1.82) is 0 Å². The van der Waals surface area contributed by atoms with Gasteiger partial charge in [0.15, 0.2) is 5.82 Å². The minimum Gasteiger partial charge on any atom is -0.383 e. The molecule has 20 heavy (non-hydrogen) atoms. The molecule has 2 N–H and O–H groups in total. The molecule has 0 aliphatic carbocycles. The molecule has 0 fully saturated rings. The summed E-state index contributed by atoms with van der Waals surface area (Å²) in [4.78, 5) is 8.54. The lowest BCUT2D eigenvalue weighted by molar-refractivity contribution is 0.621. The molecule has 5 heteroatoms. The first-order chi connectivity index (χ1) is 9.56. The van der Waals surface area contributed by atoms with Crippen molar-refractivity contribution in [3.05, 3.63) is 52.8 Å². The van der Waals surface area contributed by atoms with Gasteiger partial charge in [-0.1, -0.05) is 23.7 Å². The summed E-state index contributed by atoms with van der Waals surface area (Å²) < 4.78 is 14.1. The Hall–Kier alpha value is -2.20. The SMILES string of the molecule is Cc1cccc(-c2nc(N)c3cc(Cl)ccc3n2)c1F. The van der Waals surface area contributed by atoms with E-state index < -0.39 is 0 Å². The van der Waals surface area contributed by atoms with E-state index in [1.807, 2.05) is 0 Å². The van der Waals surface area contributed by atoms with Gasteiger partial charge in [0, 0.05) is 10.4 Å². The summed E-state index contributed by atoms with van der Waals surface area (Å²) >= 11 is 5.92. The maximum atomic E-state index is 14.1. The van der Waals surface area contributed by atoms with Gasteiger partial charge in [-0.15, -0.1) is 0 Å². The van der Waals surface area contributed by atoms with E-state index in [1.54, 1.807) is 43.3 Å². The van der Waals surface area contributed by atoms with E-state index in [9.17, 15) is 4.39 Å². The zero-order valence-corrected chi connectivity index (χ0v) is 11.4. The first-order valence-electron chi connectivity index (χ1n) is 6.04. The first-order valence-corrected chi connectivity index (χ1v) is 6.42. The highest BCUT2D eigenvalue weighted by Gasteiger charge is 2.12. The molecule has 0 aliphatic heterocycles. The maximum Gasteiger partial charge on any atom is 0.165 e. The standard InChI is InChI=1S/C15H11ClFN3/c1-8-3-2-4-10(13(8)17)15-19-12-6-5-9(16)7-11(12)14(18)20-15/h2-7H,1H3,(H2,18,19,20). The second-order valence-electron chi connectivity index (χ2n) is 4.53. The third-order valence-electron chi connectivity index (χ3n) is 3.12. The van der Waals surface area contributed by atoms with Crippen molar-refractivity contribution >= 4 is 28.3 Å². The average Bonchev–Trinajstić information content (AvgIpc) is 2.42. The molecule has 0 radical (unpaired) electrons. The number of hydrogen-bond acceptors (Lipinski definition) is 3. The molecule has 0 atom stereocenters. The third kappa shape index (κ3) is 2.08. The first kappa shape index (κ1) is 12.8. The molecule has 0 amide bonds. The quantitative estimate of drug-likeness (QED) is 0.736. The predicted molar refractivity (Wildman–Crippen MR) is 79.1 cm³/mol. The van der Waals surface area contributed by atoms with Gasteiger partial charge in [-0.3, -0.25) is 0 Å². The van der Waals surface area contributed by atoms with Gasteiger partial charge < -0.3 is 5.73 Å². The number of aryl methyl sites for hydroxylation is 1. The number of halogens is 2. The largest absolute Gasteiger partial charge is 0.383 e. The van der Waals surface area contributed by atoms with Crippen LogP contribution in [-0.2, 0) is 0 Å². The Kier molecular flexibility index (Phi) is 3.03. The number of fused-ring (bicyclic) bond motifs is 1. The highest BCUT2D eigenvalue weighted by Crippen LogP contribution is 2.27. The van der Waals surface area contributed by atoms with Crippen LogP contribution >= 0.6 is 11.6 Å². The normalized spacial score (nSPS) is 10.9. The number of anilines is 1. The van der Waals surface area contributed by atoms with Gasteiger partial charge in [0.05, 0.1) is 11.1 Å². The second-order valence-corrected chi connectivity index (χ2v) is 4.97. The number of aromatic nitrogens is 2. The van der Waals surface area contributed by atoms with Crippen molar-refractivity contribution in [2.24, 2.45) is 0 Å². The molecular formula is C15H11ClFN3. The van der Waals surface area contributed by atoms with Crippen LogP contribution in [0.2, 0.25) is 5.02 Å². The van der Waals surface area contributed by atoms with Gasteiger partial charge in [0.25, 0.3) is 0 Å². The van der Waals surface area contributed by atoms with Crippen molar-refractivity contribution in [1.82, 2.24) is 9.97 Å². The van der Waals surface area contributed by atoms with Crippen molar-refractivity contribution in [3.8, 4) is 11.4 Å². The lowest BCUT2D eigenvalue weighted by Crippen LogP contribution is -1.99. The number of nitrogens with zero attached hydrogens (tertiary/aromatic N) is 2. The molecule has 0 bridgehead atoms. The van der Waals surface area contributed by atoms with Crippen molar-refractivity contribution in [3.63, 3.8) is 0 Å². The van der Waals surface area contributed by atoms with E-state index in [0.29, 0.717) is 27.1 Å². The van der Waals surface area contributed by atoms with Crippen molar-refractivity contribution in [2.45, 2.75) is 6.92 Å². The molecule has 1 aromatic heterocycles. The topological polar surface area (TPSA) is 51.8 Å². The van der Waals surface area contributed by atoms with E-state index >= 15 is 0 Å². The zero-order valence-electron chi connectivity index (χ0n) is 10.7. The van der Waals surface area contributed by atoms with Crippen LogP contribution in [0.25, 0.3) is 22.3 Å². The number of benzene rings is 2. The van der Waals surface area contributed by atoms with Crippen LogP contribution in [0, 0.1) is 12.7 Å². The van der Waals surface area contributed by atoms with Gasteiger partial charge in [0.2, 0.25) is 0 Å². The maximum absolute atomic E-state index is 14.1. The molecule has 3 nitrogen and oxygen atoms in total. The summed E-state index contributed by atoms with van der Waals surface area (Å²) in [5, 5.41) is 1.22. The van der Waals surface area contributed by atoms with E-state index in [2.05, 4.69) is 9.97 Å². The Balaban J connectivity index is 2.28. The highest BCUT2D eigenvalue weighted by atomic mass is 35.5. The Morgan fingerprint density at radius 2 is 1.95 bits per heavy atom. The lowest BCUT2D eigenvalue weighted by Gasteiger charge is -2.07. The molecule has 0 spiro atoms. The third-order valence-corrected chi connectivity index (χ3v) is 3.36. The molecule has 0 aliphatic rings. The van der Waals surface area contributed by atoms with Crippen LogP contribution < -0.4 is 5.73 Å². The van der Waals surface area contributed by atoms with Crippen LogP contribution in [-0.4, -0.2) is 9.97 Å². The number of nitrogens with two attached hydrogens (primary N) is 1. The molecule has 2 aromatic carbocycles. The van der Waals surface area contributed by atoms with Gasteiger partial charge in [-0.25, -0.2) is 14.4 Å². The molecule has 0 unspecified atom stereocenters. The molecule has 0 saturated heterocycles. The molecule has 1 heterocycles. The summed E-state index contributed by atoms with van der Waals surface area (Å²) in [6.07, 6.45) is 0. The fourth-order valence-electron chi connectivity index (χ4n) is 2.06. The highest BCUT2D eigenvalue weighted by molar-refractivity contribution is 6.31. The van der Waals surface area contributed by atoms with E-state index in [-0.39, 0.29) is 17.5 Å². The summed E-state index contributed by atoms with van der Waals surface area (Å²) in [5.74, 6) is 0.229. The number of hydrogen-bond donors (Lipinski definition) is 1. The summed E-state index contributed by atoms with van der Waals surface area (Å²) in [6, 6.07) is 10.3. The molecule has 3 aromatic rings. The van der Waals surface area contributed by atoms with Crippen LogP contribution in [0.4, 0.5) is 10.2 Å².